The third-order valence-corrected chi connectivity index (χ3v) is 5.21. The minimum absolute atomic E-state index is 0.0380. The van der Waals surface area contributed by atoms with E-state index in [0.29, 0.717) is 13.0 Å². The Labute approximate surface area is 125 Å². The van der Waals surface area contributed by atoms with Crippen molar-refractivity contribution in [3.8, 4) is 0 Å². The van der Waals surface area contributed by atoms with Gasteiger partial charge >= 0.3 is 5.97 Å². The highest BCUT2D eigenvalue weighted by Crippen LogP contribution is 2.18. The van der Waals surface area contributed by atoms with Gasteiger partial charge in [-0.25, -0.2) is 8.42 Å². The summed E-state index contributed by atoms with van der Waals surface area (Å²) in [7, 11) is -3.08. The van der Waals surface area contributed by atoms with Gasteiger partial charge in [-0.15, -0.1) is 0 Å². The van der Waals surface area contributed by atoms with Gasteiger partial charge in [-0.1, -0.05) is 13.3 Å². The molecule has 0 spiro atoms. The zero-order chi connectivity index (χ0) is 15.9. The molecular formula is C13H25NO6S. The van der Waals surface area contributed by atoms with Crippen LogP contribution in [0.2, 0.25) is 0 Å². The maximum absolute atomic E-state index is 11.5. The van der Waals surface area contributed by atoms with E-state index in [1.54, 1.807) is 0 Å². The minimum Gasteiger partial charge on any atom is -0.480 e. The molecule has 2 unspecified atom stereocenters. The van der Waals surface area contributed by atoms with E-state index >= 15 is 0 Å². The second kappa shape index (κ2) is 8.67. The smallest absolute Gasteiger partial charge is 0.317 e. The topological polar surface area (TPSA) is 104 Å². The third-order valence-electron chi connectivity index (χ3n) is 3.46. The Hall–Kier alpha value is -0.700. The highest BCUT2D eigenvalue weighted by atomic mass is 32.2. The number of sulfone groups is 1. The maximum atomic E-state index is 11.5. The van der Waals surface area contributed by atoms with Crippen LogP contribution in [0, 0.1) is 0 Å². The van der Waals surface area contributed by atoms with Gasteiger partial charge in [0.1, 0.15) is 0 Å². The summed E-state index contributed by atoms with van der Waals surface area (Å²) in [6, 6.07) is -0.337. The molecule has 8 heteroatoms. The molecule has 0 aromatic rings. The van der Waals surface area contributed by atoms with Crippen molar-refractivity contribution < 1.29 is 28.2 Å². The van der Waals surface area contributed by atoms with Crippen LogP contribution in [0.3, 0.4) is 0 Å². The SMILES string of the molecule is CCCCOCC(O)CN(CC(=O)O)C1CCS(=O)(=O)C1. The van der Waals surface area contributed by atoms with Crippen LogP contribution in [0.15, 0.2) is 0 Å². The largest absolute Gasteiger partial charge is 0.480 e. The monoisotopic (exact) mass is 323 g/mol. The molecule has 1 heterocycles. The summed E-state index contributed by atoms with van der Waals surface area (Å²) >= 11 is 0. The van der Waals surface area contributed by atoms with Gasteiger partial charge in [0.15, 0.2) is 9.84 Å². The van der Waals surface area contributed by atoms with Crippen molar-refractivity contribution in [1.29, 1.82) is 0 Å². The molecule has 1 aliphatic rings. The fraction of sp³-hybridized carbons (Fsp3) is 0.923. The Kier molecular flexibility index (Phi) is 7.58. The van der Waals surface area contributed by atoms with E-state index < -0.39 is 21.9 Å². The molecule has 0 aromatic carbocycles. The summed E-state index contributed by atoms with van der Waals surface area (Å²) in [6.45, 7) is 2.57. The first-order valence-electron chi connectivity index (χ1n) is 7.26. The lowest BCUT2D eigenvalue weighted by molar-refractivity contribution is -0.139. The predicted octanol–water partition coefficient (Wildman–Crippen LogP) is -0.262. The Balaban J connectivity index is 2.48. The number of unbranched alkanes of at least 4 members (excludes halogenated alkanes) is 1. The van der Waals surface area contributed by atoms with Crippen LogP contribution >= 0.6 is 0 Å². The highest BCUT2D eigenvalue weighted by Gasteiger charge is 2.33. The molecule has 1 aliphatic heterocycles. The Morgan fingerprint density at radius 1 is 1.48 bits per heavy atom. The van der Waals surface area contributed by atoms with Gasteiger partial charge in [0.05, 0.1) is 30.8 Å². The molecule has 0 bridgehead atoms. The quantitative estimate of drug-likeness (QED) is 0.534. The Morgan fingerprint density at radius 2 is 2.19 bits per heavy atom. The molecule has 0 saturated carbocycles. The Morgan fingerprint density at radius 3 is 2.71 bits per heavy atom. The number of nitrogens with zero attached hydrogens (tertiary/aromatic N) is 1. The second-order valence-electron chi connectivity index (χ2n) is 5.46. The van der Waals surface area contributed by atoms with Crippen LogP contribution in [-0.2, 0) is 19.4 Å². The number of ether oxygens (including phenoxy) is 1. The van der Waals surface area contributed by atoms with E-state index in [1.165, 1.54) is 4.90 Å². The normalized spacial score (nSPS) is 22.5. The van der Waals surface area contributed by atoms with Gasteiger partial charge in [-0.05, 0) is 12.8 Å². The number of rotatable bonds is 10. The number of aliphatic hydroxyl groups excluding tert-OH is 1. The van der Waals surface area contributed by atoms with E-state index in [-0.39, 0.29) is 37.2 Å². The van der Waals surface area contributed by atoms with Gasteiger partial charge in [0, 0.05) is 19.2 Å². The fourth-order valence-electron chi connectivity index (χ4n) is 2.37. The average Bonchev–Trinajstić information content (AvgIpc) is 2.74. The van der Waals surface area contributed by atoms with Crippen LogP contribution in [0.1, 0.15) is 26.2 Å². The van der Waals surface area contributed by atoms with E-state index in [4.69, 9.17) is 9.84 Å². The first-order valence-corrected chi connectivity index (χ1v) is 9.08. The number of aliphatic hydroxyl groups is 1. The first kappa shape index (κ1) is 18.3. The number of carboxylic acid groups (broad SMARTS) is 1. The number of carbonyl (C=O) groups is 1. The van der Waals surface area contributed by atoms with E-state index in [1.807, 2.05) is 6.92 Å². The van der Waals surface area contributed by atoms with Crippen molar-refractivity contribution in [2.24, 2.45) is 0 Å². The molecular weight excluding hydrogens is 298 g/mol. The van der Waals surface area contributed by atoms with E-state index in [0.717, 1.165) is 12.8 Å². The molecule has 21 heavy (non-hydrogen) atoms. The summed E-state index contributed by atoms with van der Waals surface area (Å²) in [5, 5.41) is 18.8. The molecule has 0 radical (unpaired) electrons. The summed E-state index contributed by atoms with van der Waals surface area (Å²) in [6.07, 6.45) is 1.51. The van der Waals surface area contributed by atoms with Crippen molar-refractivity contribution >= 4 is 15.8 Å². The lowest BCUT2D eigenvalue weighted by atomic mass is 10.2. The number of carboxylic acids is 1. The molecule has 0 amide bonds. The molecule has 1 rings (SSSR count). The van der Waals surface area contributed by atoms with Crippen molar-refractivity contribution in [3.63, 3.8) is 0 Å². The molecule has 7 nitrogen and oxygen atoms in total. The highest BCUT2D eigenvalue weighted by molar-refractivity contribution is 7.91. The van der Waals surface area contributed by atoms with Crippen LogP contribution in [0.25, 0.3) is 0 Å². The predicted molar refractivity (Wildman–Crippen MR) is 78.0 cm³/mol. The van der Waals surface area contributed by atoms with Gasteiger partial charge in [-0.2, -0.15) is 0 Å². The molecule has 2 N–H and O–H groups in total. The van der Waals surface area contributed by atoms with Crippen molar-refractivity contribution in [1.82, 2.24) is 4.90 Å². The van der Waals surface area contributed by atoms with Crippen LogP contribution in [0.5, 0.6) is 0 Å². The maximum Gasteiger partial charge on any atom is 0.317 e. The lowest BCUT2D eigenvalue weighted by Gasteiger charge is -2.28. The van der Waals surface area contributed by atoms with Crippen molar-refractivity contribution in [3.05, 3.63) is 0 Å². The van der Waals surface area contributed by atoms with Gasteiger partial charge in [-0.3, -0.25) is 9.69 Å². The van der Waals surface area contributed by atoms with Crippen molar-refractivity contribution in [2.45, 2.75) is 38.3 Å². The molecule has 2 atom stereocenters. The molecule has 124 valence electrons. The van der Waals surface area contributed by atoms with Crippen LogP contribution < -0.4 is 0 Å². The summed E-state index contributed by atoms with van der Waals surface area (Å²) in [5.41, 5.74) is 0. The van der Waals surface area contributed by atoms with E-state index in [2.05, 4.69) is 0 Å². The fourth-order valence-corrected chi connectivity index (χ4v) is 4.13. The van der Waals surface area contributed by atoms with Crippen molar-refractivity contribution in [2.75, 3.05) is 37.8 Å². The van der Waals surface area contributed by atoms with Gasteiger partial charge in [0.25, 0.3) is 0 Å². The second-order valence-corrected chi connectivity index (χ2v) is 7.69. The zero-order valence-electron chi connectivity index (χ0n) is 12.4. The molecule has 1 fully saturated rings. The summed E-state index contributed by atoms with van der Waals surface area (Å²) < 4.78 is 28.3. The lowest BCUT2D eigenvalue weighted by Crippen LogP contribution is -2.45. The zero-order valence-corrected chi connectivity index (χ0v) is 13.2. The minimum atomic E-state index is -3.08. The average molecular weight is 323 g/mol. The third kappa shape index (κ3) is 7.21. The number of hydrogen-bond acceptors (Lipinski definition) is 6. The van der Waals surface area contributed by atoms with E-state index in [9.17, 15) is 18.3 Å². The van der Waals surface area contributed by atoms with Crippen LogP contribution in [-0.4, -0.2) is 79.5 Å². The van der Waals surface area contributed by atoms with Gasteiger partial charge < -0.3 is 14.9 Å². The Bertz CT molecular complexity index is 424. The molecule has 0 aliphatic carbocycles. The number of aliphatic carboxylic acids is 1. The summed E-state index contributed by atoms with van der Waals surface area (Å²) in [5.74, 6) is -0.987. The van der Waals surface area contributed by atoms with Crippen LogP contribution in [0.4, 0.5) is 0 Å². The number of hydrogen-bond donors (Lipinski definition) is 2. The van der Waals surface area contributed by atoms with Gasteiger partial charge in [0.2, 0.25) is 0 Å². The first-order chi connectivity index (χ1) is 9.84. The standard InChI is InChI=1S/C13H25NO6S/c1-2-3-5-20-9-12(15)7-14(8-13(16)17)11-4-6-21(18,19)10-11/h11-12,15H,2-10H2,1H3,(H,16,17). The molecule has 1 saturated heterocycles. The summed E-state index contributed by atoms with van der Waals surface area (Å²) in [4.78, 5) is 12.4. The molecule has 0 aromatic heterocycles.